The number of nitrogens with two attached hydrogens (primary N) is 1. The molecule has 3 amide bonds. The minimum Gasteiger partial charge on any atom is -0.385 e. The van der Waals surface area contributed by atoms with Crippen molar-refractivity contribution < 1.29 is 9.59 Å². The molecule has 6 heteroatoms. The van der Waals surface area contributed by atoms with Gasteiger partial charge in [-0.05, 0) is 5.92 Å². The lowest BCUT2D eigenvalue weighted by atomic mass is 10.1. The second-order valence-electron chi connectivity index (χ2n) is 4.87. The number of nitrogens with zero attached hydrogens (tertiary/aromatic N) is 3. The Morgan fingerprint density at radius 2 is 2.12 bits per heavy atom. The highest BCUT2D eigenvalue weighted by atomic mass is 16.2. The SMILES string of the molecule is CC(C)CN1C(=O)N=C(N)C1CC(=O)N(C)C. The molecule has 1 aliphatic heterocycles. The van der Waals surface area contributed by atoms with Crippen LogP contribution in [0.1, 0.15) is 20.3 Å². The van der Waals surface area contributed by atoms with Crippen LogP contribution in [-0.4, -0.2) is 54.3 Å². The summed E-state index contributed by atoms with van der Waals surface area (Å²) in [6.07, 6.45) is 0.195. The highest BCUT2D eigenvalue weighted by Gasteiger charge is 2.35. The maximum Gasteiger partial charge on any atom is 0.345 e. The van der Waals surface area contributed by atoms with Gasteiger partial charge in [-0.2, -0.15) is 4.99 Å². The number of urea groups is 1. The molecular weight excluding hydrogens is 220 g/mol. The zero-order chi connectivity index (χ0) is 13.2. The molecule has 0 aliphatic carbocycles. The van der Waals surface area contributed by atoms with Gasteiger partial charge in [-0.1, -0.05) is 13.8 Å². The van der Waals surface area contributed by atoms with Crippen molar-refractivity contribution in [3.63, 3.8) is 0 Å². The van der Waals surface area contributed by atoms with Gasteiger partial charge in [0, 0.05) is 20.6 Å². The van der Waals surface area contributed by atoms with Crippen LogP contribution < -0.4 is 5.73 Å². The Hall–Kier alpha value is -1.59. The lowest BCUT2D eigenvalue weighted by Crippen LogP contribution is -2.45. The zero-order valence-electron chi connectivity index (χ0n) is 10.8. The van der Waals surface area contributed by atoms with E-state index >= 15 is 0 Å². The van der Waals surface area contributed by atoms with Crippen LogP contribution in [0.2, 0.25) is 0 Å². The summed E-state index contributed by atoms with van der Waals surface area (Å²) in [4.78, 5) is 30.1. The van der Waals surface area contributed by atoms with Crippen LogP contribution in [0.5, 0.6) is 0 Å². The van der Waals surface area contributed by atoms with E-state index in [2.05, 4.69) is 4.99 Å². The molecule has 1 atom stereocenters. The van der Waals surface area contributed by atoms with Crippen LogP contribution in [0.25, 0.3) is 0 Å². The zero-order valence-corrected chi connectivity index (χ0v) is 10.8. The molecule has 0 aromatic heterocycles. The summed E-state index contributed by atoms with van der Waals surface area (Å²) >= 11 is 0. The van der Waals surface area contributed by atoms with E-state index in [1.54, 1.807) is 19.0 Å². The van der Waals surface area contributed by atoms with E-state index in [-0.39, 0.29) is 30.2 Å². The van der Waals surface area contributed by atoms with Crippen molar-refractivity contribution in [2.24, 2.45) is 16.6 Å². The summed E-state index contributed by atoms with van der Waals surface area (Å²) < 4.78 is 0. The molecule has 0 saturated carbocycles. The average Bonchev–Trinajstić information content (AvgIpc) is 2.44. The summed E-state index contributed by atoms with van der Waals surface area (Å²) in [7, 11) is 3.36. The van der Waals surface area contributed by atoms with Gasteiger partial charge in [0.25, 0.3) is 0 Å². The maximum atomic E-state index is 11.7. The van der Waals surface area contributed by atoms with Crippen LogP contribution in [0.4, 0.5) is 4.79 Å². The standard InChI is InChI=1S/C11H20N4O2/c1-7(2)6-15-8(5-9(16)14(3)4)10(12)13-11(15)17/h7-8H,5-6H2,1-4H3,(H2,12,13,17). The predicted octanol–water partition coefficient (Wildman–Crippen LogP) is 0.282. The van der Waals surface area contributed by atoms with Crippen molar-refractivity contribution in [3.05, 3.63) is 0 Å². The fraction of sp³-hybridized carbons (Fsp3) is 0.727. The third-order valence-electron chi connectivity index (χ3n) is 2.62. The van der Waals surface area contributed by atoms with Crippen LogP contribution in [-0.2, 0) is 4.79 Å². The molecule has 96 valence electrons. The Morgan fingerprint density at radius 3 is 2.59 bits per heavy atom. The van der Waals surface area contributed by atoms with Gasteiger partial charge in [-0.15, -0.1) is 0 Å². The summed E-state index contributed by atoms with van der Waals surface area (Å²) in [5, 5.41) is 0. The van der Waals surface area contributed by atoms with Gasteiger partial charge >= 0.3 is 6.03 Å². The Labute approximate surface area is 101 Å². The van der Waals surface area contributed by atoms with Crippen molar-refractivity contribution in [2.75, 3.05) is 20.6 Å². The molecule has 0 aromatic rings. The van der Waals surface area contributed by atoms with Gasteiger partial charge in [0.15, 0.2) is 0 Å². The minimum atomic E-state index is -0.389. The maximum absolute atomic E-state index is 11.7. The minimum absolute atomic E-state index is 0.0587. The molecule has 0 saturated heterocycles. The van der Waals surface area contributed by atoms with Gasteiger partial charge in [-0.3, -0.25) is 4.79 Å². The number of carbonyl (C=O) groups is 2. The molecule has 0 fully saturated rings. The van der Waals surface area contributed by atoms with Crippen LogP contribution >= 0.6 is 0 Å². The molecule has 0 spiro atoms. The molecule has 0 aromatic carbocycles. The second-order valence-corrected chi connectivity index (χ2v) is 4.87. The van der Waals surface area contributed by atoms with Crippen molar-refractivity contribution >= 4 is 17.8 Å². The van der Waals surface area contributed by atoms with E-state index < -0.39 is 0 Å². The highest BCUT2D eigenvalue weighted by molar-refractivity contribution is 6.04. The average molecular weight is 240 g/mol. The van der Waals surface area contributed by atoms with E-state index in [9.17, 15) is 9.59 Å². The van der Waals surface area contributed by atoms with Crippen molar-refractivity contribution in [1.82, 2.24) is 9.80 Å². The molecule has 1 rings (SSSR count). The van der Waals surface area contributed by atoms with Crippen LogP contribution in [0.3, 0.4) is 0 Å². The number of hydrogen-bond acceptors (Lipinski definition) is 3. The van der Waals surface area contributed by atoms with E-state index in [1.807, 2.05) is 13.8 Å². The molecule has 1 unspecified atom stereocenters. The van der Waals surface area contributed by atoms with Gasteiger partial charge in [0.1, 0.15) is 5.84 Å². The van der Waals surface area contributed by atoms with Crippen molar-refractivity contribution in [1.29, 1.82) is 0 Å². The molecular formula is C11H20N4O2. The number of carbonyl (C=O) groups excluding carboxylic acids is 2. The smallest absolute Gasteiger partial charge is 0.345 e. The number of aliphatic imine (C=N–C) groups is 1. The van der Waals surface area contributed by atoms with Gasteiger partial charge < -0.3 is 15.5 Å². The topological polar surface area (TPSA) is 79.0 Å². The number of rotatable bonds is 4. The molecule has 17 heavy (non-hydrogen) atoms. The highest BCUT2D eigenvalue weighted by Crippen LogP contribution is 2.17. The fourth-order valence-electron chi connectivity index (χ4n) is 1.70. The first-order chi connectivity index (χ1) is 7.82. The summed E-state index contributed by atoms with van der Waals surface area (Å²) in [5.41, 5.74) is 5.70. The van der Waals surface area contributed by atoms with Crippen LogP contribution in [0, 0.1) is 5.92 Å². The molecule has 6 nitrogen and oxygen atoms in total. The normalized spacial score (nSPS) is 19.8. The van der Waals surface area contributed by atoms with Gasteiger partial charge in [0.2, 0.25) is 5.91 Å². The van der Waals surface area contributed by atoms with E-state index in [1.165, 1.54) is 4.90 Å². The third kappa shape index (κ3) is 3.18. The molecule has 1 heterocycles. The first-order valence-electron chi connectivity index (χ1n) is 5.67. The largest absolute Gasteiger partial charge is 0.385 e. The first-order valence-corrected chi connectivity index (χ1v) is 5.67. The monoisotopic (exact) mass is 240 g/mol. The lowest BCUT2D eigenvalue weighted by molar-refractivity contribution is -0.129. The molecule has 1 aliphatic rings. The Kier molecular flexibility index (Phi) is 4.09. The number of amidine groups is 1. The second kappa shape index (κ2) is 5.16. The first kappa shape index (κ1) is 13.5. The molecule has 2 N–H and O–H groups in total. The Morgan fingerprint density at radius 1 is 1.53 bits per heavy atom. The Balaban J connectivity index is 2.76. The summed E-state index contributed by atoms with van der Waals surface area (Å²) in [6.45, 7) is 4.58. The third-order valence-corrected chi connectivity index (χ3v) is 2.62. The quantitative estimate of drug-likeness (QED) is 0.766. The molecule has 0 radical (unpaired) electrons. The van der Waals surface area contributed by atoms with Crippen molar-refractivity contribution in [2.45, 2.75) is 26.3 Å². The summed E-state index contributed by atoms with van der Waals surface area (Å²) in [6, 6.07) is -0.729. The number of amides is 3. The van der Waals surface area contributed by atoms with Gasteiger partial charge in [0.05, 0.1) is 12.5 Å². The number of hydrogen-bond donors (Lipinski definition) is 1. The Bertz CT molecular complexity index is 349. The van der Waals surface area contributed by atoms with Crippen LogP contribution in [0.15, 0.2) is 4.99 Å². The lowest BCUT2D eigenvalue weighted by Gasteiger charge is -2.26. The van der Waals surface area contributed by atoms with Gasteiger partial charge in [-0.25, -0.2) is 4.79 Å². The van der Waals surface area contributed by atoms with E-state index in [0.29, 0.717) is 12.5 Å². The fourth-order valence-corrected chi connectivity index (χ4v) is 1.70. The van der Waals surface area contributed by atoms with E-state index in [0.717, 1.165) is 0 Å². The van der Waals surface area contributed by atoms with E-state index in [4.69, 9.17) is 5.73 Å². The summed E-state index contributed by atoms with van der Waals surface area (Å²) in [5.74, 6) is 0.500. The molecule has 0 bridgehead atoms. The van der Waals surface area contributed by atoms with Crippen molar-refractivity contribution in [3.8, 4) is 0 Å². The predicted molar refractivity (Wildman–Crippen MR) is 65.7 cm³/mol.